The molecule has 1 unspecified atom stereocenters. The zero-order chi connectivity index (χ0) is 12.8. The maximum absolute atomic E-state index is 11.5. The van der Waals surface area contributed by atoms with Crippen molar-refractivity contribution in [1.82, 2.24) is 4.98 Å². The van der Waals surface area contributed by atoms with Crippen molar-refractivity contribution in [1.29, 1.82) is 5.26 Å². The van der Waals surface area contributed by atoms with Crippen molar-refractivity contribution < 1.29 is 9.53 Å². The van der Waals surface area contributed by atoms with Crippen LogP contribution in [-0.2, 0) is 9.53 Å². The quantitative estimate of drug-likeness (QED) is 0.799. The van der Waals surface area contributed by atoms with Gasteiger partial charge < -0.3 is 10.1 Å². The minimum absolute atomic E-state index is 0.0955. The number of methoxy groups -OCH3 is 1. The molecule has 0 spiro atoms. The molecule has 1 aromatic rings. The highest BCUT2D eigenvalue weighted by atomic mass is 16.5. The molecule has 5 nitrogen and oxygen atoms in total. The number of aromatic nitrogens is 1. The predicted molar refractivity (Wildman–Crippen MR) is 63.2 cm³/mol. The lowest BCUT2D eigenvalue weighted by Crippen LogP contribution is -2.35. The first-order chi connectivity index (χ1) is 8.08. The van der Waals surface area contributed by atoms with Gasteiger partial charge in [0, 0.05) is 0 Å². The SMILES string of the molecule is COC(=O)C(Nc1ccc(C#N)nc1)C(C)C. The monoisotopic (exact) mass is 233 g/mol. The Labute approximate surface area is 100 Å². The molecule has 0 fully saturated rings. The van der Waals surface area contributed by atoms with Crippen LogP contribution in [0.1, 0.15) is 19.5 Å². The summed E-state index contributed by atoms with van der Waals surface area (Å²) in [6.45, 7) is 3.84. The molecule has 1 N–H and O–H groups in total. The lowest BCUT2D eigenvalue weighted by atomic mass is 10.0. The molecule has 0 amide bonds. The molecule has 0 aromatic carbocycles. The van der Waals surface area contributed by atoms with Crippen LogP contribution in [0.25, 0.3) is 0 Å². The Bertz CT molecular complexity index is 420. The summed E-state index contributed by atoms with van der Waals surface area (Å²) in [6, 6.07) is 4.82. The van der Waals surface area contributed by atoms with Crippen molar-refractivity contribution >= 4 is 11.7 Å². The van der Waals surface area contributed by atoms with Gasteiger partial charge in [-0.2, -0.15) is 5.26 Å². The van der Waals surface area contributed by atoms with Crippen LogP contribution >= 0.6 is 0 Å². The lowest BCUT2D eigenvalue weighted by Gasteiger charge is -2.20. The van der Waals surface area contributed by atoms with Crippen LogP contribution in [-0.4, -0.2) is 24.1 Å². The van der Waals surface area contributed by atoms with Crippen molar-refractivity contribution in [2.45, 2.75) is 19.9 Å². The van der Waals surface area contributed by atoms with Crippen LogP contribution in [0.3, 0.4) is 0 Å². The summed E-state index contributed by atoms with van der Waals surface area (Å²) in [7, 11) is 1.36. The summed E-state index contributed by atoms with van der Waals surface area (Å²) in [6.07, 6.45) is 1.52. The molecular formula is C12H15N3O2. The fourth-order valence-corrected chi connectivity index (χ4v) is 1.35. The second-order valence-electron chi connectivity index (χ2n) is 3.93. The Morgan fingerprint density at radius 1 is 1.53 bits per heavy atom. The van der Waals surface area contributed by atoms with Crippen LogP contribution in [0.2, 0.25) is 0 Å². The van der Waals surface area contributed by atoms with E-state index in [-0.39, 0.29) is 11.9 Å². The first-order valence-corrected chi connectivity index (χ1v) is 5.29. The second kappa shape index (κ2) is 5.85. The van der Waals surface area contributed by atoms with Gasteiger partial charge in [-0.05, 0) is 18.1 Å². The number of rotatable bonds is 4. The fourth-order valence-electron chi connectivity index (χ4n) is 1.35. The first-order valence-electron chi connectivity index (χ1n) is 5.29. The van der Waals surface area contributed by atoms with Gasteiger partial charge in [0.05, 0.1) is 19.0 Å². The minimum Gasteiger partial charge on any atom is -0.467 e. The number of anilines is 1. The van der Waals surface area contributed by atoms with Gasteiger partial charge in [0.25, 0.3) is 0 Å². The maximum atomic E-state index is 11.5. The average Bonchev–Trinajstić information content (AvgIpc) is 2.35. The van der Waals surface area contributed by atoms with E-state index in [0.717, 1.165) is 0 Å². The normalized spacial score (nSPS) is 11.7. The number of nitrogens with one attached hydrogen (secondary N) is 1. The number of esters is 1. The van der Waals surface area contributed by atoms with E-state index >= 15 is 0 Å². The number of carbonyl (C=O) groups is 1. The number of pyridine rings is 1. The van der Waals surface area contributed by atoms with Crippen molar-refractivity contribution in [3.8, 4) is 6.07 Å². The van der Waals surface area contributed by atoms with E-state index < -0.39 is 6.04 Å². The highest BCUT2D eigenvalue weighted by Crippen LogP contribution is 2.13. The van der Waals surface area contributed by atoms with Gasteiger partial charge in [-0.15, -0.1) is 0 Å². The third-order valence-electron chi connectivity index (χ3n) is 2.32. The maximum Gasteiger partial charge on any atom is 0.328 e. The van der Waals surface area contributed by atoms with E-state index in [1.54, 1.807) is 12.1 Å². The topological polar surface area (TPSA) is 75.0 Å². The van der Waals surface area contributed by atoms with Crippen LogP contribution in [0.15, 0.2) is 18.3 Å². The third-order valence-corrected chi connectivity index (χ3v) is 2.32. The summed E-state index contributed by atoms with van der Waals surface area (Å²) in [5, 5.41) is 11.7. The van der Waals surface area contributed by atoms with E-state index in [4.69, 9.17) is 10.00 Å². The number of hydrogen-bond donors (Lipinski definition) is 1. The Balaban J connectivity index is 2.79. The molecule has 0 radical (unpaired) electrons. The predicted octanol–water partition coefficient (Wildman–Crippen LogP) is 1.56. The lowest BCUT2D eigenvalue weighted by molar-refractivity contribution is -0.142. The molecule has 0 saturated carbocycles. The van der Waals surface area contributed by atoms with E-state index in [1.165, 1.54) is 13.3 Å². The molecule has 1 aromatic heterocycles. The zero-order valence-corrected chi connectivity index (χ0v) is 10.1. The number of nitriles is 1. The van der Waals surface area contributed by atoms with Crippen LogP contribution in [0, 0.1) is 17.2 Å². The standard InChI is InChI=1S/C12H15N3O2/c1-8(2)11(12(16)17-3)15-10-5-4-9(6-13)14-7-10/h4-5,7-8,11,15H,1-3H3. The van der Waals surface area contributed by atoms with Crippen LogP contribution < -0.4 is 5.32 Å². The molecule has 5 heteroatoms. The van der Waals surface area contributed by atoms with Gasteiger partial charge in [0.1, 0.15) is 17.8 Å². The molecule has 0 bridgehead atoms. The molecule has 0 saturated heterocycles. The van der Waals surface area contributed by atoms with E-state index in [2.05, 4.69) is 10.3 Å². The largest absolute Gasteiger partial charge is 0.467 e. The van der Waals surface area contributed by atoms with Crippen molar-refractivity contribution in [3.63, 3.8) is 0 Å². The molecule has 1 rings (SSSR count). The first kappa shape index (κ1) is 13.0. The molecule has 90 valence electrons. The summed E-state index contributed by atoms with van der Waals surface area (Å²) < 4.78 is 4.72. The Morgan fingerprint density at radius 3 is 2.65 bits per heavy atom. The third kappa shape index (κ3) is 3.45. The summed E-state index contributed by atoms with van der Waals surface area (Å²) in [5.41, 5.74) is 1.03. The van der Waals surface area contributed by atoms with Gasteiger partial charge in [-0.25, -0.2) is 9.78 Å². The minimum atomic E-state index is -0.422. The number of hydrogen-bond acceptors (Lipinski definition) is 5. The smallest absolute Gasteiger partial charge is 0.328 e. The number of carbonyl (C=O) groups excluding carboxylic acids is 1. The molecule has 0 aliphatic rings. The number of ether oxygens (including phenoxy) is 1. The van der Waals surface area contributed by atoms with Crippen molar-refractivity contribution in [2.75, 3.05) is 12.4 Å². The van der Waals surface area contributed by atoms with E-state index in [9.17, 15) is 4.79 Å². The summed E-state index contributed by atoms with van der Waals surface area (Å²) in [5.74, 6) is -0.220. The Hall–Kier alpha value is -2.09. The van der Waals surface area contributed by atoms with Gasteiger partial charge in [0.2, 0.25) is 0 Å². The van der Waals surface area contributed by atoms with Gasteiger partial charge in [-0.1, -0.05) is 13.8 Å². The van der Waals surface area contributed by atoms with Crippen LogP contribution in [0.4, 0.5) is 5.69 Å². The molecule has 1 heterocycles. The Morgan fingerprint density at radius 2 is 2.24 bits per heavy atom. The van der Waals surface area contributed by atoms with Gasteiger partial charge >= 0.3 is 5.97 Å². The highest BCUT2D eigenvalue weighted by Gasteiger charge is 2.22. The molecular weight excluding hydrogens is 218 g/mol. The Kier molecular flexibility index (Phi) is 4.46. The summed E-state index contributed by atoms with van der Waals surface area (Å²) >= 11 is 0. The number of nitrogens with zero attached hydrogens (tertiary/aromatic N) is 2. The van der Waals surface area contributed by atoms with Gasteiger partial charge in [0.15, 0.2) is 0 Å². The van der Waals surface area contributed by atoms with Crippen LogP contribution in [0.5, 0.6) is 0 Å². The average molecular weight is 233 g/mol. The van der Waals surface area contributed by atoms with Crippen molar-refractivity contribution in [2.24, 2.45) is 5.92 Å². The second-order valence-corrected chi connectivity index (χ2v) is 3.93. The van der Waals surface area contributed by atoms with E-state index in [0.29, 0.717) is 11.4 Å². The summed E-state index contributed by atoms with van der Waals surface area (Å²) in [4.78, 5) is 15.4. The molecule has 17 heavy (non-hydrogen) atoms. The zero-order valence-electron chi connectivity index (χ0n) is 10.1. The van der Waals surface area contributed by atoms with E-state index in [1.807, 2.05) is 19.9 Å². The highest BCUT2D eigenvalue weighted by molar-refractivity contribution is 5.79. The molecule has 1 atom stereocenters. The fraction of sp³-hybridized carbons (Fsp3) is 0.417. The molecule has 0 aliphatic carbocycles. The van der Waals surface area contributed by atoms with Gasteiger partial charge in [-0.3, -0.25) is 0 Å². The molecule has 0 aliphatic heterocycles. The van der Waals surface area contributed by atoms with Crippen molar-refractivity contribution in [3.05, 3.63) is 24.0 Å².